The van der Waals surface area contributed by atoms with Crippen molar-refractivity contribution >= 4 is 40.5 Å². The summed E-state index contributed by atoms with van der Waals surface area (Å²) in [6.45, 7) is 0.184. The van der Waals surface area contributed by atoms with Gasteiger partial charge in [0, 0.05) is 13.0 Å². The predicted octanol–water partition coefficient (Wildman–Crippen LogP) is 2.33. The summed E-state index contributed by atoms with van der Waals surface area (Å²) in [5.41, 5.74) is 1.23. The first-order valence-electron chi connectivity index (χ1n) is 7.82. The predicted molar refractivity (Wildman–Crippen MR) is 99.8 cm³/mol. The van der Waals surface area contributed by atoms with Gasteiger partial charge in [-0.15, -0.1) is 0 Å². The fourth-order valence-corrected chi connectivity index (χ4v) is 2.95. The topological polar surface area (TPSA) is 71.0 Å². The van der Waals surface area contributed by atoms with Gasteiger partial charge in [-0.2, -0.15) is 0 Å². The van der Waals surface area contributed by atoms with Crippen LogP contribution in [-0.2, 0) is 9.59 Å². The number of para-hydroxylation sites is 2. The fraction of sp³-hybridized carbons (Fsp3) is 0.222. The van der Waals surface area contributed by atoms with Crippen LogP contribution in [0.25, 0.3) is 0 Å². The Morgan fingerprint density at radius 2 is 2.16 bits per heavy atom. The van der Waals surface area contributed by atoms with Crippen LogP contribution in [0.5, 0.6) is 5.75 Å². The summed E-state index contributed by atoms with van der Waals surface area (Å²) in [5.74, 6) is -0.225. The number of rotatable bonds is 5. The molecule has 128 valence electrons. The van der Waals surface area contributed by atoms with E-state index in [9.17, 15) is 9.59 Å². The molecule has 1 atom stereocenters. The average Bonchev–Trinajstić information content (AvgIpc) is 2.62. The molecule has 0 radical (unpaired) electrons. The van der Waals surface area contributed by atoms with Crippen LogP contribution in [0.1, 0.15) is 6.42 Å². The van der Waals surface area contributed by atoms with E-state index < -0.39 is 5.92 Å². The SMILES string of the molecule is COc1ccccc1NC(=O)CCN1C(=O)C2C=CC=CC2=NC1=S. The number of thiocarbonyl (C=S) groups is 1. The van der Waals surface area contributed by atoms with Crippen LogP contribution in [0.3, 0.4) is 0 Å². The lowest BCUT2D eigenvalue weighted by atomic mass is 9.95. The van der Waals surface area contributed by atoms with Gasteiger partial charge in [0.1, 0.15) is 5.75 Å². The normalized spacial score (nSPS) is 18.7. The zero-order chi connectivity index (χ0) is 17.8. The molecule has 0 aromatic heterocycles. The van der Waals surface area contributed by atoms with Gasteiger partial charge < -0.3 is 10.1 Å². The van der Waals surface area contributed by atoms with Crippen LogP contribution in [0.15, 0.2) is 53.6 Å². The minimum atomic E-state index is -0.422. The highest BCUT2D eigenvalue weighted by Gasteiger charge is 2.33. The number of allylic oxidation sites excluding steroid dienone is 3. The Morgan fingerprint density at radius 3 is 2.96 bits per heavy atom. The number of aliphatic imine (C=N–C) groups is 1. The molecule has 0 fully saturated rings. The van der Waals surface area contributed by atoms with Crippen molar-refractivity contribution in [3.63, 3.8) is 0 Å². The second kappa shape index (κ2) is 7.40. The van der Waals surface area contributed by atoms with E-state index in [1.54, 1.807) is 30.4 Å². The number of hydrogen-bond acceptors (Lipinski definition) is 4. The third-order valence-electron chi connectivity index (χ3n) is 3.93. The molecule has 7 heteroatoms. The molecular weight excluding hydrogens is 338 g/mol. The summed E-state index contributed by atoms with van der Waals surface area (Å²) < 4.78 is 5.20. The summed E-state index contributed by atoms with van der Waals surface area (Å²) in [6.07, 6.45) is 7.30. The van der Waals surface area contributed by atoms with E-state index in [4.69, 9.17) is 17.0 Å². The number of anilines is 1. The Morgan fingerprint density at radius 1 is 1.36 bits per heavy atom. The average molecular weight is 355 g/mol. The lowest BCUT2D eigenvalue weighted by Gasteiger charge is -2.30. The van der Waals surface area contributed by atoms with Crippen LogP contribution in [0.2, 0.25) is 0 Å². The van der Waals surface area contributed by atoms with Gasteiger partial charge in [-0.05, 0) is 30.4 Å². The minimum Gasteiger partial charge on any atom is -0.495 e. The van der Waals surface area contributed by atoms with Gasteiger partial charge in [-0.25, -0.2) is 4.99 Å². The maximum absolute atomic E-state index is 12.6. The molecule has 1 N–H and O–H groups in total. The highest BCUT2D eigenvalue weighted by Crippen LogP contribution is 2.23. The highest BCUT2D eigenvalue weighted by atomic mass is 32.1. The Balaban J connectivity index is 1.63. The van der Waals surface area contributed by atoms with Crippen LogP contribution in [0.4, 0.5) is 5.69 Å². The van der Waals surface area contributed by atoms with Gasteiger partial charge in [0.05, 0.1) is 24.4 Å². The van der Waals surface area contributed by atoms with Crippen LogP contribution in [-0.4, -0.2) is 41.2 Å². The number of carbonyl (C=O) groups is 2. The molecule has 25 heavy (non-hydrogen) atoms. The number of hydrogen-bond donors (Lipinski definition) is 1. The number of amides is 2. The lowest BCUT2D eigenvalue weighted by Crippen LogP contribution is -2.46. The van der Waals surface area contributed by atoms with Gasteiger partial charge in [-0.1, -0.05) is 30.4 Å². The molecular formula is C18H17N3O3S. The van der Waals surface area contributed by atoms with E-state index in [0.29, 0.717) is 17.1 Å². The highest BCUT2D eigenvalue weighted by molar-refractivity contribution is 7.80. The minimum absolute atomic E-state index is 0.112. The first-order valence-corrected chi connectivity index (χ1v) is 8.22. The first kappa shape index (κ1) is 17.0. The molecule has 1 aliphatic heterocycles. The van der Waals surface area contributed by atoms with Gasteiger partial charge in [0.25, 0.3) is 0 Å². The molecule has 2 amide bonds. The Kier molecular flexibility index (Phi) is 5.04. The van der Waals surface area contributed by atoms with E-state index in [1.165, 1.54) is 12.0 Å². The van der Waals surface area contributed by atoms with Crippen molar-refractivity contribution in [3.8, 4) is 5.75 Å². The molecule has 0 saturated heterocycles. The number of nitrogens with one attached hydrogen (secondary N) is 1. The van der Waals surface area contributed by atoms with Gasteiger partial charge in [0.2, 0.25) is 16.9 Å². The summed E-state index contributed by atoms with van der Waals surface area (Å²) in [7, 11) is 1.54. The number of carbonyl (C=O) groups excluding carboxylic acids is 2. The number of fused-ring (bicyclic) bond motifs is 1. The van der Waals surface area contributed by atoms with E-state index in [-0.39, 0.29) is 29.9 Å². The molecule has 6 nitrogen and oxygen atoms in total. The second-order valence-corrected chi connectivity index (χ2v) is 5.89. The number of nitrogens with zero attached hydrogens (tertiary/aromatic N) is 2. The summed E-state index contributed by atoms with van der Waals surface area (Å²) >= 11 is 5.20. The first-order chi connectivity index (χ1) is 12.1. The van der Waals surface area contributed by atoms with Crippen molar-refractivity contribution in [1.82, 2.24) is 4.90 Å². The van der Waals surface area contributed by atoms with Crippen LogP contribution < -0.4 is 10.1 Å². The quantitative estimate of drug-likeness (QED) is 0.823. The van der Waals surface area contributed by atoms with Gasteiger partial charge >= 0.3 is 0 Å². The maximum Gasteiger partial charge on any atom is 0.241 e. The van der Waals surface area contributed by atoms with Crippen molar-refractivity contribution in [2.75, 3.05) is 19.0 Å². The van der Waals surface area contributed by atoms with E-state index in [1.807, 2.05) is 18.2 Å². The summed E-state index contributed by atoms with van der Waals surface area (Å²) in [6, 6.07) is 7.14. The zero-order valence-electron chi connectivity index (χ0n) is 13.6. The third kappa shape index (κ3) is 3.66. The Bertz CT molecular complexity index is 814. The number of ether oxygens (including phenoxy) is 1. The van der Waals surface area contributed by atoms with Crippen molar-refractivity contribution in [1.29, 1.82) is 0 Å². The maximum atomic E-state index is 12.6. The van der Waals surface area contributed by atoms with Gasteiger partial charge in [0.15, 0.2) is 0 Å². The monoisotopic (exact) mass is 355 g/mol. The molecule has 1 aromatic carbocycles. The van der Waals surface area contributed by atoms with Crippen LogP contribution >= 0.6 is 12.2 Å². The smallest absolute Gasteiger partial charge is 0.241 e. The van der Waals surface area contributed by atoms with Crippen molar-refractivity contribution in [3.05, 3.63) is 48.6 Å². The molecule has 2 aliphatic rings. The van der Waals surface area contributed by atoms with E-state index >= 15 is 0 Å². The molecule has 1 unspecified atom stereocenters. The molecule has 3 rings (SSSR count). The second-order valence-electron chi connectivity index (χ2n) is 5.53. The molecule has 0 spiro atoms. The van der Waals surface area contributed by atoms with Crippen molar-refractivity contribution in [2.24, 2.45) is 10.9 Å². The Labute approximate surface area is 150 Å². The summed E-state index contributed by atoms with van der Waals surface area (Å²) in [5, 5.41) is 2.98. The molecule has 1 heterocycles. The number of methoxy groups -OCH3 is 1. The summed E-state index contributed by atoms with van der Waals surface area (Å²) in [4.78, 5) is 30.4. The fourth-order valence-electron chi connectivity index (χ4n) is 2.66. The van der Waals surface area contributed by atoms with E-state index in [0.717, 1.165) is 0 Å². The zero-order valence-corrected chi connectivity index (χ0v) is 14.5. The molecule has 0 saturated carbocycles. The van der Waals surface area contributed by atoms with E-state index in [2.05, 4.69) is 10.3 Å². The largest absolute Gasteiger partial charge is 0.495 e. The van der Waals surface area contributed by atoms with Gasteiger partial charge in [-0.3, -0.25) is 14.5 Å². The lowest BCUT2D eigenvalue weighted by molar-refractivity contribution is -0.128. The number of benzene rings is 1. The molecule has 1 aromatic rings. The standard InChI is InChI=1S/C18H17N3O3S/c1-24-15-9-5-4-8-14(15)19-16(22)10-11-21-17(23)12-6-2-3-7-13(12)20-18(21)25/h2-9,12H,10-11H2,1H3,(H,19,22). The molecule has 1 aliphatic carbocycles. The van der Waals surface area contributed by atoms with Crippen molar-refractivity contribution < 1.29 is 14.3 Å². The third-order valence-corrected chi connectivity index (χ3v) is 4.24. The van der Waals surface area contributed by atoms with Crippen molar-refractivity contribution in [2.45, 2.75) is 6.42 Å². The Hall–Kier alpha value is -2.80. The molecule has 0 bridgehead atoms. The van der Waals surface area contributed by atoms with Crippen LogP contribution in [0, 0.1) is 5.92 Å².